The van der Waals surface area contributed by atoms with Crippen molar-refractivity contribution in [3.63, 3.8) is 0 Å². The van der Waals surface area contributed by atoms with Crippen LogP contribution in [0.4, 0.5) is 0 Å². The third kappa shape index (κ3) is 1.94. The quantitative estimate of drug-likeness (QED) is 0.601. The molecule has 3 rings (SSSR count). The van der Waals surface area contributed by atoms with E-state index in [-0.39, 0.29) is 23.0 Å². The fourth-order valence-electron chi connectivity index (χ4n) is 2.60. The zero-order valence-corrected chi connectivity index (χ0v) is 9.90. The molecule has 4 N–H and O–H groups in total. The van der Waals surface area contributed by atoms with Crippen molar-refractivity contribution in [1.82, 2.24) is 19.9 Å². The Morgan fingerprint density at radius 3 is 2.68 bits per heavy atom. The summed E-state index contributed by atoms with van der Waals surface area (Å²) in [5, 5.41) is 8.97. The van der Waals surface area contributed by atoms with Crippen LogP contribution >= 0.6 is 0 Å². The highest BCUT2D eigenvalue weighted by Gasteiger charge is 2.32. The molecule has 2 heterocycles. The normalized spacial score (nSPS) is 22.9. The predicted molar refractivity (Wildman–Crippen MR) is 65.1 cm³/mol. The first-order valence-electron chi connectivity index (χ1n) is 5.99. The molecule has 19 heavy (non-hydrogen) atoms. The maximum Gasteiger partial charge on any atom is 0.327 e. The van der Waals surface area contributed by atoms with Gasteiger partial charge in [0.1, 0.15) is 11.3 Å². The summed E-state index contributed by atoms with van der Waals surface area (Å²) < 4.78 is 0. The Hall–Kier alpha value is -2.38. The van der Waals surface area contributed by atoms with Crippen molar-refractivity contribution in [2.75, 3.05) is 0 Å². The van der Waals surface area contributed by atoms with Gasteiger partial charge in [0.15, 0.2) is 5.65 Å². The summed E-state index contributed by atoms with van der Waals surface area (Å²) in [6, 6.07) is 0. The lowest BCUT2D eigenvalue weighted by atomic mass is 10.0. The van der Waals surface area contributed by atoms with Crippen LogP contribution in [0.25, 0.3) is 11.2 Å². The summed E-state index contributed by atoms with van der Waals surface area (Å²) in [7, 11) is 0. The molecular formula is C11H12N4O4. The lowest BCUT2D eigenvalue weighted by Gasteiger charge is -2.04. The molecule has 1 aliphatic rings. The lowest BCUT2D eigenvalue weighted by Crippen LogP contribution is -2.21. The van der Waals surface area contributed by atoms with Crippen LogP contribution in [0.1, 0.15) is 31.0 Å². The highest BCUT2D eigenvalue weighted by molar-refractivity contribution is 5.71. The number of carboxylic acids is 1. The number of aliphatic carboxylic acids is 1. The van der Waals surface area contributed by atoms with Gasteiger partial charge >= 0.3 is 11.7 Å². The number of nitrogens with zero attached hydrogens (tertiary/aromatic N) is 1. The Labute approximate surface area is 105 Å². The first-order valence-corrected chi connectivity index (χ1v) is 5.99. The average molecular weight is 264 g/mol. The standard InChI is InChI=1S/C11H12N4O4/c16-9-6-8(14-11(19)15-9)13-7(12-6)4-1-2-5(3-4)10(17)18/h4-5H,1-3H2,(H,17,18)(H3,12,13,14,15,16,19). The molecule has 2 atom stereocenters. The molecule has 0 aromatic carbocycles. The van der Waals surface area contributed by atoms with E-state index in [2.05, 4.69) is 19.9 Å². The van der Waals surface area contributed by atoms with Gasteiger partial charge in [-0.2, -0.15) is 0 Å². The number of hydrogen-bond donors (Lipinski definition) is 4. The summed E-state index contributed by atoms with van der Waals surface area (Å²) in [6.07, 6.45) is 1.81. The van der Waals surface area contributed by atoms with E-state index in [0.717, 1.165) is 0 Å². The van der Waals surface area contributed by atoms with Gasteiger partial charge in [-0.05, 0) is 19.3 Å². The van der Waals surface area contributed by atoms with E-state index in [0.29, 0.717) is 25.1 Å². The number of hydrogen-bond acceptors (Lipinski definition) is 4. The molecule has 1 aliphatic carbocycles. The number of fused-ring (bicyclic) bond motifs is 1. The Morgan fingerprint density at radius 2 is 2.00 bits per heavy atom. The van der Waals surface area contributed by atoms with Gasteiger partial charge in [0.2, 0.25) is 0 Å². The third-order valence-corrected chi connectivity index (χ3v) is 3.58. The largest absolute Gasteiger partial charge is 0.481 e. The van der Waals surface area contributed by atoms with Crippen molar-refractivity contribution >= 4 is 17.1 Å². The van der Waals surface area contributed by atoms with Crippen LogP contribution in [0.5, 0.6) is 0 Å². The second-order valence-electron chi connectivity index (χ2n) is 4.80. The summed E-state index contributed by atoms with van der Waals surface area (Å²) in [5.74, 6) is -0.622. The van der Waals surface area contributed by atoms with Crippen LogP contribution < -0.4 is 11.2 Å². The SMILES string of the molecule is O=C(O)C1CCC(c2nc3[nH]c(=O)[nH]c(=O)c3[nH]2)C1. The van der Waals surface area contributed by atoms with Gasteiger partial charge in [0.25, 0.3) is 5.56 Å². The van der Waals surface area contributed by atoms with Gasteiger partial charge in [-0.25, -0.2) is 9.78 Å². The lowest BCUT2D eigenvalue weighted by molar-refractivity contribution is -0.141. The van der Waals surface area contributed by atoms with E-state index in [1.807, 2.05) is 0 Å². The minimum Gasteiger partial charge on any atom is -0.481 e. The summed E-state index contributed by atoms with van der Waals surface area (Å²) in [6.45, 7) is 0. The zero-order chi connectivity index (χ0) is 13.6. The van der Waals surface area contributed by atoms with Crippen LogP contribution in [-0.4, -0.2) is 31.0 Å². The highest BCUT2D eigenvalue weighted by Crippen LogP contribution is 2.37. The van der Waals surface area contributed by atoms with Crippen LogP contribution in [-0.2, 0) is 4.79 Å². The fourth-order valence-corrected chi connectivity index (χ4v) is 2.60. The zero-order valence-electron chi connectivity index (χ0n) is 9.90. The molecule has 0 bridgehead atoms. The van der Waals surface area contributed by atoms with E-state index in [4.69, 9.17) is 5.11 Å². The highest BCUT2D eigenvalue weighted by atomic mass is 16.4. The summed E-state index contributed by atoms with van der Waals surface area (Å²) >= 11 is 0. The molecular weight excluding hydrogens is 252 g/mol. The summed E-state index contributed by atoms with van der Waals surface area (Å²) in [5.41, 5.74) is -0.702. The van der Waals surface area contributed by atoms with E-state index < -0.39 is 17.2 Å². The number of carbonyl (C=O) groups is 1. The molecule has 2 aromatic rings. The fraction of sp³-hybridized carbons (Fsp3) is 0.455. The predicted octanol–water partition coefficient (Wildman–Crippen LogP) is -0.0922. The van der Waals surface area contributed by atoms with E-state index in [1.54, 1.807) is 0 Å². The maximum atomic E-state index is 11.6. The average Bonchev–Trinajstić information content (AvgIpc) is 2.92. The number of imidazole rings is 1. The van der Waals surface area contributed by atoms with Crippen molar-refractivity contribution in [3.05, 3.63) is 26.7 Å². The minimum absolute atomic E-state index is 0.0172. The van der Waals surface area contributed by atoms with Crippen molar-refractivity contribution in [3.8, 4) is 0 Å². The van der Waals surface area contributed by atoms with Crippen molar-refractivity contribution in [2.24, 2.45) is 5.92 Å². The molecule has 0 radical (unpaired) electrons. The third-order valence-electron chi connectivity index (χ3n) is 3.58. The molecule has 0 aliphatic heterocycles. The van der Waals surface area contributed by atoms with Crippen LogP contribution in [0, 0.1) is 5.92 Å². The molecule has 0 spiro atoms. The van der Waals surface area contributed by atoms with Crippen LogP contribution in [0.15, 0.2) is 9.59 Å². The van der Waals surface area contributed by atoms with Gasteiger partial charge in [0.05, 0.1) is 5.92 Å². The van der Waals surface area contributed by atoms with Gasteiger partial charge in [0, 0.05) is 5.92 Å². The topological polar surface area (TPSA) is 132 Å². The van der Waals surface area contributed by atoms with Crippen molar-refractivity contribution in [1.29, 1.82) is 0 Å². The molecule has 8 nitrogen and oxygen atoms in total. The minimum atomic E-state index is -0.801. The summed E-state index contributed by atoms with van der Waals surface area (Å²) in [4.78, 5) is 45.2. The van der Waals surface area contributed by atoms with Crippen molar-refractivity contribution in [2.45, 2.75) is 25.2 Å². The number of rotatable bonds is 2. The molecule has 2 unspecified atom stereocenters. The first kappa shape index (κ1) is 11.7. The molecule has 2 aromatic heterocycles. The Bertz CT molecular complexity index is 756. The second kappa shape index (κ2) is 4.08. The maximum absolute atomic E-state index is 11.6. The molecule has 100 valence electrons. The van der Waals surface area contributed by atoms with E-state index in [9.17, 15) is 14.4 Å². The van der Waals surface area contributed by atoms with E-state index >= 15 is 0 Å². The monoisotopic (exact) mass is 264 g/mol. The Morgan fingerprint density at radius 1 is 1.21 bits per heavy atom. The number of aromatic nitrogens is 4. The molecule has 1 fully saturated rings. The first-order chi connectivity index (χ1) is 9.04. The molecule has 0 saturated heterocycles. The Balaban J connectivity index is 1.99. The second-order valence-corrected chi connectivity index (χ2v) is 4.80. The van der Waals surface area contributed by atoms with Gasteiger partial charge in [-0.3, -0.25) is 19.6 Å². The molecule has 0 amide bonds. The molecule has 1 saturated carbocycles. The molecule has 8 heteroatoms. The number of aromatic amines is 3. The van der Waals surface area contributed by atoms with Crippen molar-refractivity contribution < 1.29 is 9.90 Å². The number of nitrogens with one attached hydrogen (secondary N) is 3. The van der Waals surface area contributed by atoms with Crippen LogP contribution in [0.2, 0.25) is 0 Å². The number of H-pyrrole nitrogens is 3. The van der Waals surface area contributed by atoms with Gasteiger partial charge in [-0.15, -0.1) is 0 Å². The van der Waals surface area contributed by atoms with Gasteiger partial charge < -0.3 is 10.1 Å². The smallest absolute Gasteiger partial charge is 0.327 e. The Kier molecular flexibility index (Phi) is 2.51. The number of carboxylic acid groups (broad SMARTS) is 1. The van der Waals surface area contributed by atoms with Crippen LogP contribution in [0.3, 0.4) is 0 Å². The van der Waals surface area contributed by atoms with E-state index in [1.165, 1.54) is 0 Å². The van der Waals surface area contributed by atoms with Gasteiger partial charge in [-0.1, -0.05) is 0 Å².